The van der Waals surface area contributed by atoms with Gasteiger partial charge in [0.05, 0.1) is 0 Å². The molecule has 0 fully saturated rings. The number of rotatable bonds is 0. The second-order valence-electron chi connectivity index (χ2n) is 1.10. The summed E-state index contributed by atoms with van der Waals surface area (Å²) in [5.41, 5.74) is 0. The highest BCUT2D eigenvalue weighted by molar-refractivity contribution is 7.80. The number of thiocarbonyl (C=S) groups is 1. The van der Waals surface area contributed by atoms with Crippen molar-refractivity contribution in [2.75, 3.05) is 7.05 Å². The Hall–Kier alpha value is -0.430. The van der Waals surface area contributed by atoms with Crippen LogP contribution in [0, 0.1) is 0 Å². The van der Waals surface area contributed by atoms with Crippen LogP contribution >= 0.6 is 12.2 Å². The molecule has 0 rings (SSSR count). The van der Waals surface area contributed by atoms with Crippen LogP contribution in [-0.2, 0) is 0 Å². The number of hydrogen-bond donors (Lipinski definition) is 3. The first kappa shape index (κ1) is 7.57. The summed E-state index contributed by atoms with van der Waals surface area (Å²) in [5, 5.41) is 24.0. The molecular weight excluding hydrogens is 132 g/mol. The molecule has 0 bridgehead atoms. The Morgan fingerprint density at radius 3 is 1.75 bits per heavy atom. The van der Waals surface area contributed by atoms with Crippen molar-refractivity contribution in [2.45, 2.75) is 0 Å². The Bertz CT molecular complexity index is 83.3. The summed E-state index contributed by atoms with van der Waals surface area (Å²) in [7, 11) is 1.17. The molecule has 3 N–H and O–H groups in total. The van der Waals surface area contributed by atoms with Gasteiger partial charge < -0.3 is 0 Å². The molecule has 0 saturated heterocycles. The predicted molar refractivity (Wildman–Crippen MR) is 27.6 cm³/mol. The first-order chi connectivity index (χ1) is 3.55. The molecule has 0 aliphatic rings. The van der Waals surface area contributed by atoms with Gasteiger partial charge in [-0.25, -0.2) is 5.06 Å². The fourth-order valence-electron chi connectivity index (χ4n) is 0.129. The van der Waals surface area contributed by atoms with Crippen molar-refractivity contribution >= 4 is 17.3 Å². The second-order valence-corrected chi connectivity index (χ2v) is 1.46. The summed E-state index contributed by atoms with van der Waals surface area (Å²) in [4.78, 5) is 0. The molecule has 0 amide bonds. The van der Waals surface area contributed by atoms with Gasteiger partial charge in [0, 0.05) is 7.05 Å². The van der Waals surface area contributed by atoms with E-state index in [2.05, 4.69) is 12.2 Å². The van der Waals surface area contributed by atoms with Crippen LogP contribution in [-0.4, -0.2) is 38.1 Å². The van der Waals surface area contributed by atoms with Gasteiger partial charge in [0.15, 0.2) is 0 Å². The van der Waals surface area contributed by atoms with Gasteiger partial charge in [0.1, 0.15) is 0 Å². The van der Waals surface area contributed by atoms with E-state index in [1.165, 1.54) is 7.05 Å². The van der Waals surface area contributed by atoms with Gasteiger partial charge in [-0.05, 0) is 12.2 Å². The van der Waals surface area contributed by atoms with Crippen LogP contribution in [0.1, 0.15) is 0 Å². The Kier molecular flexibility index (Phi) is 2.63. The highest BCUT2D eigenvalue weighted by atomic mass is 32.1. The molecule has 0 aromatic heterocycles. The van der Waals surface area contributed by atoms with Crippen LogP contribution in [0.5, 0.6) is 0 Å². The zero-order valence-electron chi connectivity index (χ0n) is 4.14. The van der Waals surface area contributed by atoms with Crippen LogP contribution in [0.25, 0.3) is 0 Å². The fraction of sp³-hybridized carbons (Fsp3) is 0.500. The van der Waals surface area contributed by atoms with Crippen molar-refractivity contribution in [3.63, 3.8) is 0 Å². The fourth-order valence-corrected chi connectivity index (χ4v) is 0.129. The van der Waals surface area contributed by atoms with Gasteiger partial charge in [-0.1, -0.05) is 5.23 Å². The first-order valence-corrected chi connectivity index (χ1v) is 2.11. The third kappa shape index (κ3) is 2.03. The van der Waals surface area contributed by atoms with Crippen LogP contribution in [0.4, 0.5) is 0 Å². The first-order valence-electron chi connectivity index (χ1n) is 1.70. The predicted octanol–water partition coefficient (Wildman–Crippen LogP) is -0.327. The molecule has 0 atom stereocenters. The van der Waals surface area contributed by atoms with E-state index in [0.717, 1.165) is 0 Å². The molecule has 0 aromatic carbocycles. The largest absolute Gasteiger partial charge is 0.287 e. The summed E-state index contributed by atoms with van der Waals surface area (Å²) in [6.07, 6.45) is 0. The van der Waals surface area contributed by atoms with Gasteiger partial charge in [0.25, 0.3) is 0 Å². The molecule has 8 heavy (non-hydrogen) atoms. The topological polar surface area (TPSA) is 67.2 Å². The summed E-state index contributed by atoms with van der Waals surface area (Å²) < 4.78 is 0. The Morgan fingerprint density at radius 2 is 1.75 bits per heavy atom. The summed E-state index contributed by atoms with van der Waals surface area (Å²) in [5.74, 6) is 0. The highest BCUT2D eigenvalue weighted by Gasteiger charge is 2.04. The van der Waals surface area contributed by atoms with Crippen molar-refractivity contribution in [1.82, 2.24) is 10.3 Å². The van der Waals surface area contributed by atoms with E-state index in [1.807, 2.05) is 0 Å². The lowest BCUT2D eigenvalue weighted by molar-refractivity contribution is -0.257. The van der Waals surface area contributed by atoms with Gasteiger partial charge in [-0.3, -0.25) is 15.6 Å². The zero-order valence-corrected chi connectivity index (χ0v) is 4.96. The number of nitrogens with zero attached hydrogens (tertiary/aromatic N) is 2. The minimum absolute atomic E-state index is 0.352. The third-order valence-electron chi connectivity index (χ3n) is 0.448. The van der Waals surface area contributed by atoms with E-state index in [9.17, 15) is 0 Å². The standard InChI is InChI=1S/C2H6N2O3S/c1-3(5)2(8)4(6)7/h5-7H,1H3. The molecule has 0 heterocycles. The molecule has 48 valence electrons. The molecular formula is C2H6N2O3S. The van der Waals surface area contributed by atoms with Gasteiger partial charge in [-0.15, -0.1) is 0 Å². The van der Waals surface area contributed by atoms with E-state index in [0.29, 0.717) is 5.06 Å². The summed E-state index contributed by atoms with van der Waals surface area (Å²) in [6.45, 7) is 0. The number of hydrogen-bond acceptors (Lipinski definition) is 4. The Balaban J connectivity index is 3.65. The van der Waals surface area contributed by atoms with Crippen molar-refractivity contribution in [3.05, 3.63) is 0 Å². The van der Waals surface area contributed by atoms with Gasteiger partial charge in [0.2, 0.25) is 5.11 Å². The SMILES string of the molecule is CN(O)C(=S)N(O)O. The Labute approximate surface area is 51.2 Å². The average molecular weight is 138 g/mol. The molecule has 0 unspecified atom stereocenters. The lowest BCUT2D eigenvalue weighted by Gasteiger charge is -2.13. The van der Waals surface area contributed by atoms with Gasteiger partial charge in [-0.2, -0.15) is 0 Å². The van der Waals surface area contributed by atoms with Crippen LogP contribution in [0.2, 0.25) is 0 Å². The van der Waals surface area contributed by atoms with E-state index in [4.69, 9.17) is 15.6 Å². The van der Waals surface area contributed by atoms with Crippen molar-refractivity contribution in [3.8, 4) is 0 Å². The maximum absolute atomic E-state index is 8.32. The van der Waals surface area contributed by atoms with Crippen LogP contribution in [0.3, 0.4) is 0 Å². The quantitative estimate of drug-likeness (QED) is 0.314. The molecule has 0 saturated carbocycles. The van der Waals surface area contributed by atoms with Crippen molar-refractivity contribution in [1.29, 1.82) is 0 Å². The monoisotopic (exact) mass is 138 g/mol. The van der Waals surface area contributed by atoms with Crippen molar-refractivity contribution in [2.24, 2.45) is 0 Å². The van der Waals surface area contributed by atoms with E-state index in [-0.39, 0.29) is 5.23 Å². The molecule has 0 radical (unpaired) electrons. The normalized spacial score (nSPS) is 8.50. The second kappa shape index (κ2) is 2.78. The average Bonchev–Trinajstić information content (AvgIpc) is 1.64. The van der Waals surface area contributed by atoms with E-state index in [1.54, 1.807) is 0 Å². The van der Waals surface area contributed by atoms with Crippen molar-refractivity contribution < 1.29 is 15.6 Å². The lowest BCUT2D eigenvalue weighted by Crippen LogP contribution is -2.34. The maximum Gasteiger partial charge on any atom is 0.248 e. The summed E-state index contributed by atoms with van der Waals surface area (Å²) >= 11 is 4.20. The Morgan fingerprint density at radius 1 is 1.38 bits per heavy atom. The molecule has 6 heteroatoms. The summed E-state index contributed by atoms with van der Waals surface area (Å²) in [6, 6.07) is 0. The smallest absolute Gasteiger partial charge is 0.248 e. The van der Waals surface area contributed by atoms with Crippen LogP contribution in [0.15, 0.2) is 0 Å². The molecule has 0 aliphatic heterocycles. The van der Waals surface area contributed by atoms with E-state index >= 15 is 0 Å². The molecule has 5 nitrogen and oxygen atoms in total. The minimum atomic E-state index is -0.481. The maximum atomic E-state index is 8.32. The van der Waals surface area contributed by atoms with E-state index < -0.39 is 5.11 Å². The molecule has 0 aliphatic carbocycles. The minimum Gasteiger partial charge on any atom is -0.287 e. The zero-order chi connectivity index (χ0) is 6.73. The third-order valence-corrected chi connectivity index (χ3v) is 0.875. The number of hydroxylamine groups is 4. The highest BCUT2D eigenvalue weighted by Crippen LogP contribution is 1.83. The molecule has 0 spiro atoms. The van der Waals surface area contributed by atoms with Gasteiger partial charge >= 0.3 is 0 Å². The van der Waals surface area contributed by atoms with Crippen LogP contribution < -0.4 is 0 Å². The molecule has 0 aromatic rings. The lowest BCUT2D eigenvalue weighted by atomic mass is 11.0.